The van der Waals surface area contributed by atoms with E-state index >= 15 is 0 Å². The number of para-hydroxylation sites is 1. The van der Waals surface area contributed by atoms with Gasteiger partial charge in [-0.25, -0.2) is 0 Å². The van der Waals surface area contributed by atoms with Gasteiger partial charge in [-0.3, -0.25) is 9.78 Å². The molecule has 1 aromatic heterocycles. The van der Waals surface area contributed by atoms with Gasteiger partial charge in [-0.2, -0.15) is 5.26 Å². The summed E-state index contributed by atoms with van der Waals surface area (Å²) in [6.45, 7) is 0.696. The van der Waals surface area contributed by atoms with E-state index in [0.29, 0.717) is 23.5 Å². The zero-order chi connectivity index (χ0) is 19.8. The van der Waals surface area contributed by atoms with E-state index in [-0.39, 0.29) is 5.91 Å². The van der Waals surface area contributed by atoms with Crippen molar-refractivity contribution < 1.29 is 9.53 Å². The van der Waals surface area contributed by atoms with Gasteiger partial charge in [0, 0.05) is 24.1 Å². The number of hydrogen-bond donors (Lipinski definition) is 2. The van der Waals surface area contributed by atoms with Crippen molar-refractivity contribution in [1.29, 1.82) is 5.26 Å². The Morgan fingerprint density at radius 2 is 1.89 bits per heavy atom. The average molecular weight is 372 g/mol. The lowest BCUT2D eigenvalue weighted by molar-refractivity contribution is 0.102. The zero-order valence-corrected chi connectivity index (χ0v) is 15.5. The molecule has 0 aliphatic heterocycles. The van der Waals surface area contributed by atoms with Gasteiger partial charge in [0.1, 0.15) is 11.4 Å². The molecule has 2 N–H and O–H groups in total. The van der Waals surface area contributed by atoms with Crippen LogP contribution in [0.5, 0.6) is 5.75 Å². The van der Waals surface area contributed by atoms with Crippen molar-refractivity contribution in [3.63, 3.8) is 0 Å². The van der Waals surface area contributed by atoms with E-state index in [1.165, 1.54) is 0 Å². The minimum absolute atomic E-state index is 0.307. The zero-order valence-electron chi connectivity index (χ0n) is 15.5. The molecule has 2 aromatic carbocycles. The van der Waals surface area contributed by atoms with Crippen LogP contribution in [-0.4, -0.2) is 24.5 Å². The largest absolute Gasteiger partial charge is 0.496 e. The summed E-state index contributed by atoms with van der Waals surface area (Å²) in [5.41, 5.74) is 3.39. The van der Waals surface area contributed by atoms with Crippen LogP contribution < -0.4 is 15.4 Å². The van der Waals surface area contributed by atoms with Gasteiger partial charge in [-0.1, -0.05) is 18.2 Å². The van der Waals surface area contributed by atoms with Gasteiger partial charge < -0.3 is 15.4 Å². The van der Waals surface area contributed by atoms with E-state index in [9.17, 15) is 4.79 Å². The van der Waals surface area contributed by atoms with Gasteiger partial charge >= 0.3 is 0 Å². The van der Waals surface area contributed by atoms with Gasteiger partial charge in [-0.05, 0) is 54.4 Å². The maximum atomic E-state index is 12.4. The smallest absolute Gasteiger partial charge is 0.274 e. The molecule has 140 valence electrons. The number of nitriles is 1. The quantitative estimate of drug-likeness (QED) is 0.657. The fourth-order valence-electron chi connectivity index (χ4n) is 2.74. The molecule has 0 atom stereocenters. The summed E-state index contributed by atoms with van der Waals surface area (Å²) in [5, 5.41) is 14.9. The fraction of sp³-hybridized carbons (Fsp3) is 0.136. The highest BCUT2D eigenvalue weighted by molar-refractivity contribution is 6.03. The highest BCUT2D eigenvalue weighted by Gasteiger charge is 2.09. The van der Waals surface area contributed by atoms with Gasteiger partial charge in [0.25, 0.3) is 5.91 Å². The molecule has 6 nitrogen and oxygen atoms in total. The average Bonchev–Trinajstić information content (AvgIpc) is 2.75. The Morgan fingerprint density at radius 3 is 2.64 bits per heavy atom. The molecule has 1 heterocycles. The Hall–Kier alpha value is -3.85. The summed E-state index contributed by atoms with van der Waals surface area (Å²) in [5.74, 6) is 0.555. The summed E-state index contributed by atoms with van der Waals surface area (Å²) in [6, 6.07) is 20.1. The molecule has 0 unspecified atom stereocenters. The molecule has 0 spiro atoms. The van der Waals surface area contributed by atoms with Crippen LogP contribution in [0.2, 0.25) is 0 Å². The van der Waals surface area contributed by atoms with Crippen LogP contribution in [-0.2, 0) is 6.42 Å². The fourth-order valence-corrected chi connectivity index (χ4v) is 2.74. The molecule has 0 saturated heterocycles. The monoisotopic (exact) mass is 372 g/mol. The van der Waals surface area contributed by atoms with Crippen LogP contribution in [0, 0.1) is 11.3 Å². The molecule has 0 radical (unpaired) electrons. The van der Waals surface area contributed by atoms with Crippen LogP contribution in [0.3, 0.4) is 0 Å². The molecule has 0 saturated carbocycles. The summed E-state index contributed by atoms with van der Waals surface area (Å²) in [7, 11) is 1.66. The number of amides is 1. The predicted octanol–water partition coefficient (Wildman–Crippen LogP) is 3.87. The van der Waals surface area contributed by atoms with Gasteiger partial charge in [0.2, 0.25) is 0 Å². The van der Waals surface area contributed by atoms with Gasteiger partial charge in [0.15, 0.2) is 0 Å². The second-order valence-corrected chi connectivity index (χ2v) is 6.06. The second kappa shape index (κ2) is 9.19. The summed E-state index contributed by atoms with van der Waals surface area (Å²) in [4.78, 5) is 16.6. The number of carbonyl (C=O) groups excluding carboxylic acids is 1. The lowest BCUT2D eigenvalue weighted by Crippen LogP contribution is -2.14. The minimum Gasteiger partial charge on any atom is -0.496 e. The van der Waals surface area contributed by atoms with Crippen LogP contribution in [0.4, 0.5) is 11.4 Å². The second-order valence-electron chi connectivity index (χ2n) is 6.06. The van der Waals surface area contributed by atoms with Crippen molar-refractivity contribution in [1.82, 2.24) is 4.98 Å². The van der Waals surface area contributed by atoms with Crippen molar-refractivity contribution in [2.75, 3.05) is 24.3 Å². The van der Waals surface area contributed by atoms with Crippen LogP contribution in [0.25, 0.3) is 0 Å². The van der Waals surface area contributed by atoms with E-state index < -0.39 is 0 Å². The maximum absolute atomic E-state index is 12.4. The van der Waals surface area contributed by atoms with E-state index in [1.807, 2.05) is 36.4 Å². The Bertz CT molecular complexity index is 994. The number of nitrogens with zero attached hydrogens (tertiary/aromatic N) is 2. The van der Waals surface area contributed by atoms with Gasteiger partial charge in [-0.15, -0.1) is 0 Å². The van der Waals surface area contributed by atoms with Crippen LogP contribution in [0.15, 0.2) is 66.9 Å². The number of hydrogen-bond acceptors (Lipinski definition) is 5. The number of aromatic nitrogens is 1. The van der Waals surface area contributed by atoms with Gasteiger partial charge in [0.05, 0.1) is 18.7 Å². The molecule has 3 aromatic rings. The third-order valence-corrected chi connectivity index (χ3v) is 4.18. The number of carbonyl (C=O) groups is 1. The molecule has 3 rings (SSSR count). The Morgan fingerprint density at radius 1 is 1.11 bits per heavy atom. The van der Waals surface area contributed by atoms with Crippen molar-refractivity contribution in [2.24, 2.45) is 0 Å². The molecule has 6 heteroatoms. The number of benzene rings is 2. The Balaban J connectivity index is 1.60. The first-order valence-electron chi connectivity index (χ1n) is 8.83. The highest BCUT2D eigenvalue weighted by Crippen LogP contribution is 2.18. The first-order valence-corrected chi connectivity index (χ1v) is 8.83. The number of rotatable bonds is 7. The van der Waals surface area contributed by atoms with E-state index in [2.05, 4.69) is 15.6 Å². The lowest BCUT2D eigenvalue weighted by atomic mass is 10.1. The van der Waals surface area contributed by atoms with Crippen molar-refractivity contribution in [3.8, 4) is 11.8 Å². The summed E-state index contributed by atoms with van der Waals surface area (Å²) >= 11 is 0. The topological polar surface area (TPSA) is 87.0 Å². The molecule has 0 aliphatic carbocycles. The number of nitrogens with one attached hydrogen (secondary N) is 2. The molecule has 0 bridgehead atoms. The minimum atomic E-state index is -0.307. The van der Waals surface area contributed by atoms with Crippen molar-refractivity contribution >= 4 is 17.3 Å². The van der Waals surface area contributed by atoms with E-state index in [1.54, 1.807) is 43.6 Å². The maximum Gasteiger partial charge on any atom is 0.274 e. The van der Waals surface area contributed by atoms with E-state index in [0.717, 1.165) is 23.4 Å². The van der Waals surface area contributed by atoms with Crippen LogP contribution >= 0.6 is 0 Å². The summed E-state index contributed by atoms with van der Waals surface area (Å²) < 4.78 is 5.36. The summed E-state index contributed by atoms with van der Waals surface area (Å²) in [6.07, 6.45) is 2.39. The highest BCUT2D eigenvalue weighted by atomic mass is 16.5. The normalized spacial score (nSPS) is 10.0. The van der Waals surface area contributed by atoms with Crippen molar-refractivity contribution in [3.05, 3.63) is 83.7 Å². The van der Waals surface area contributed by atoms with E-state index in [4.69, 9.17) is 10.00 Å². The molecule has 0 fully saturated rings. The third-order valence-electron chi connectivity index (χ3n) is 4.18. The predicted molar refractivity (Wildman–Crippen MR) is 109 cm³/mol. The molecule has 1 amide bonds. The molecule has 0 aliphatic rings. The number of anilines is 2. The standard InChI is InChI=1S/C22H20N4O2/c1-28-21-5-3-2-4-17(21)10-12-24-19-11-13-25-20(14-19)22(27)26-18-8-6-16(15-23)7-9-18/h2-9,11,13-14H,10,12H2,1H3,(H,24,25)(H,26,27). The number of ether oxygens (including phenoxy) is 1. The van der Waals surface area contributed by atoms with Crippen molar-refractivity contribution in [2.45, 2.75) is 6.42 Å². The molecule has 28 heavy (non-hydrogen) atoms. The SMILES string of the molecule is COc1ccccc1CCNc1ccnc(C(=O)Nc2ccc(C#N)cc2)c1. The third kappa shape index (κ3) is 4.86. The van der Waals surface area contributed by atoms with Crippen LogP contribution in [0.1, 0.15) is 21.6 Å². The number of methoxy groups -OCH3 is 1. The Labute approximate surface area is 163 Å². The first-order chi connectivity index (χ1) is 13.7. The Kier molecular flexibility index (Phi) is 6.21. The number of pyridine rings is 1. The first kappa shape index (κ1) is 18.9. The molecular formula is C22H20N4O2. The molecular weight excluding hydrogens is 352 g/mol. The lowest BCUT2D eigenvalue weighted by Gasteiger charge is -2.10.